The molecule has 0 fully saturated rings. The molecule has 25 heavy (non-hydrogen) atoms. The number of aliphatic carboxylic acids is 1. The zero-order valence-electron chi connectivity index (χ0n) is 14.2. The summed E-state index contributed by atoms with van der Waals surface area (Å²) in [6.07, 6.45) is 1.71. The lowest BCUT2D eigenvalue weighted by atomic mass is 9.93. The molecule has 7 nitrogen and oxygen atoms in total. The summed E-state index contributed by atoms with van der Waals surface area (Å²) < 4.78 is 6.86. The van der Waals surface area contributed by atoms with Crippen molar-refractivity contribution in [3.05, 3.63) is 48.0 Å². The predicted octanol–water partition coefficient (Wildman–Crippen LogP) is 3.26. The Morgan fingerprint density at radius 2 is 2.00 bits per heavy atom. The van der Waals surface area contributed by atoms with Crippen molar-refractivity contribution in [1.82, 2.24) is 9.72 Å². The lowest BCUT2D eigenvalue weighted by molar-refractivity contribution is -0.137. The molecule has 0 saturated carbocycles. The van der Waals surface area contributed by atoms with Crippen LogP contribution in [0.5, 0.6) is 0 Å². The number of rotatable bonds is 4. The van der Waals surface area contributed by atoms with Crippen LogP contribution in [0.25, 0.3) is 10.9 Å². The average Bonchev–Trinajstić information content (AvgIpc) is 3.14. The van der Waals surface area contributed by atoms with Gasteiger partial charge in [-0.1, -0.05) is 25.9 Å². The first-order chi connectivity index (χ1) is 11.7. The second-order valence-corrected chi connectivity index (χ2v) is 6.89. The molecule has 1 aromatic carbocycles. The van der Waals surface area contributed by atoms with Crippen molar-refractivity contribution in [2.45, 2.75) is 32.7 Å². The number of carboxylic acid groups (broad SMARTS) is 1. The zero-order valence-corrected chi connectivity index (χ0v) is 14.2. The van der Waals surface area contributed by atoms with Gasteiger partial charge >= 0.3 is 5.97 Å². The van der Waals surface area contributed by atoms with E-state index in [4.69, 9.17) is 9.63 Å². The van der Waals surface area contributed by atoms with Crippen LogP contribution in [0.15, 0.2) is 41.1 Å². The third kappa shape index (κ3) is 3.55. The molecule has 0 aliphatic carbocycles. The highest BCUT2D eigenvalue weighted by Crippen LogP contribution is 2.24. The van der Waals surface area contributed by atoms with E-state index in [1.165, 1.54) is 0 Å². The summed E-state index contributed by atoms with van der Waals surface area (Å²) in [6, 6.07) is 8.73. The Labute approximate surface area is 144 Å². The van der Waals surface area contributed by atoms with Gasteiger partial charge < -0.3 is 19.5 Å². The van der Waals surface area contributed by atoms with Gasteiger partial charge in [0.2, 0.25) is 0 Å². The van der Waals surface area contributed by atoms with Crippen LogP contribution in [0, 0.1) is 0 Å². The largest absolute Gasteiger partial charge is 0.480 e. The molecular weight excluding hydrogens is 322 g/mol. The van der Waals surface area contributed by atoms with Crippen LogP contribution >= 0.6 is 0 Å². The van der Waals surface area contributed by atoms with Crippen LogP contribution in [-0.4, -0.2) is 26.7 Å². The van der Waals surface area contributed by atoms with E-state index in [9.17, 15) is 9.59 Å². The molecule has 7 heteroatoms. The van der Waals surface area contributed by atoms with Gasteiger partial charge in [-0.2, -0.15) is 0 Å². The number of carbonyl (C=O) groups is 2. The van der Waals surface area contributed by atoms with Gasteiger partial charge in [-0.05, 0) is 24.3 Å². The van der Waals surface area contributed by atoms with Crippen LogP contribution in [0.3, 0.4) is 0 Å². The average molecular weight is 341 g/mol. The third-order valence-corrected chi connectivity index (χ3v) is 3.82. The Kier molecular flexibility index (Phi) is 4.08. The molecule has 0 bridgehead atoms. The number of nitrogens with one attached hydrogen (secondary N) is 1. The highest BCUT2D eigenvalue weighted by molar-refractivity contribution is 6.03. The first-order valence-corrected chi connectivity index (χ1v) is 7.83. The highest BCUT2D eigenvalue weighted by Gasteiger charge is 2.22. The van der Waals surface area contributed by atoms with Crippen LogP contribution in [0.4, 0.5) is 5.69 Å². The summed E-state index contributed by atoms with van der Waals surface area (Å²) in [5, 5.41) is 16.4. The Hall–Kier alpha value is -3.09. The minimum absolute atomic E-state index is 0.107. The molecule has 1 amide bonds. The van der Waals surface area contributed by atoms with E-state index in [-0.39, 0.29) is 23.6 Å². The van der Waals surface area contributed by atoms with Gasteiger partial charge in [0, 0.05) is 34.3 Å². The summed E-state index contributed by atoms with van der Waals surface area (Å²) in [4.78, 5) is 23.2. The van der Waals surface area contributed by atoms with Crippen molar-refractivity contribution >= 4 is 28.5 Å². The van der Waals surface area contributed by atoms with Gasteiger partial charge in [0.15, 0.2) is 5.69 Å². The first kappa shape index (κ1) is 16.8. The molecule has 0 atom stereocenters. The molecule has 130 valence electrons. The molecule has 0 spiro atoms. The Balaban J connectivity index is 1.79. The molecule has 0 aliphatic heterocycles. The fourth-order valence-corrected chi connectivity index (χ4v) is 2.49. The standard InChI is InChI=1S/C18H19N3O4/c1-18(2,3)15-9-13(20-25-15)17(24)19-12-4-5-14-11(8-12)6-7-21(14)10-16(22)23/h4-9H,10H2,1-3H3,(H,19,24)(H,22,23). The minimum atomic E-state index is -0.907. The van der Waals surface area contributed by atoms with E-state index in [0.29, 0.717) is 11.4 Å². The molecule has 0 saturated heterocycles. The molecule has 3 aromatic rings. The van der Waals surface area contributed by atoms with E-state index in [1.807, 2.05) is 26.8 Å². The number of benzene rings is 1. The van der Waals surface area contributed by atoms with Crippen molar-refractivity contribution in [1.29, 1.82) is 0 Å². The highest BCUT2D eigenvalue weighted by atomic mass is 16.5. The van der Waals surface area contributed by atoms with Gasteiger partial charge in [0.05, 0.1) is 0 Å². The minimum Gasteiger partial charge on any atom is -0.480 e. The summed E-state index contributed by atoms with van der Waals surface area (Å²) >= 11 is 0. The SMILES string of the molecule is CC(C)(C)c1cc(C(=O)Nc2ccc3c(ccn3CC(=O)O)c2)no1. The molecule has 3 rings (SSSR count). The topological polar surface area (TPSA) is 97.4 Å². The predicted molar refractivity (Wildman–Crippen MR) is 92.7 cm³/mol. The van der Waals surface area contributed by atoms with Crippen molar-refractivity contribution in [3.8, 4) is 0 Å². The van der Waals surface area contributed by atoms with E-state index in [2.05, 4.69) is 10.5 Å². The van der Waals surface area contributed by atoms with Crippen molar-refractivity contribution in [2.24, 2.45) is 0 Å². The van der Waals surface area contributed by atoms with E-state index in [1.54, 1.807) is 35.0 Å². The maximum absolute atomic E-state index is 12.3. The number of carboxylic acids is 1. The van der Waals surface area contributed by atoms with Crippen LogP contribution in [0.1, 0.15) is 37.0 Å². The Morgan fingerprint density at radius 3 is 2.64 bits per heavy atom. The summed E-state index contributed by atoms with van der Waals surface area (Å²) in [5.74, 6) is -0.627. The Morgan fingerprint density at radius 1 is 1.24 bits per heavy atom. The van der Waals surface area contributed by atoms with E-state index >= 15 is 0 Å². The summed E-state index contributed by atoms with van der Waals surface area (Å²) in [7, 11) is 0. The number of amides is 1. The number of nitrogens with zero attached hydrogens (tertiary/aromatic N) is 2. The maximum atomic E-state index is 12.3. The van der Waals surface area contributed by atoms with Gasteiger partial charge in [-0.15, -0.1) is 0 Å². The lowest BCUT2D eigenvalue weighted by Gasteiger charge is -2.12. The smallest absolute Gasteiger partial charge is 0.323 e. The first-order valence-electron chi connectivity index (χ1n) is 7.83. The molecule has 2 N–H and O–H groups in total. The fraction of sp³-hybridized carbons (Fsp3) is 0.278. The summed E-state index contributed by atoms with van der Waals surface area (Å²) in [5.41, 5.74) is 1.38. The fourth-order valence-electron chi connectivity index (χ4n) is 2.49. The maximum Gasteiger partial charge on any atom is 0.323 e. The number of fused-ring (bicyclic) bond motifs is 1. The monoisotopic (exact) mass is 341 g/mol. The van der Waals surface area contributed by atoms with Crippen LogP contribution in [0.2, 0.25) is 0 Å². The number of carbonyl (C=O) groups excluding carboxylic acids is 1. The van der Waals surface area contributed by atoms with Crippen molar-refractivity contribution in [3.63, 3.8) is 0 Å². The second kappa shape index (κ2) is 6.08. The second-order valence-electron chi connectivity index (χ2n) is 6.89. The normalized spacial score (nSPS) is 11.6. The molecule has 2 heterocycles. The van der Waals surface area contributed by atoms with Gasteiger partial charge in [0.25, 0.3) is 5.91 Å². The van der Waals surface area contributed by atoms with Crippen LogP contribution in [-0.2, 0) is 16.8 Å². The summed E-state index contributed by atoms with van der Waals surface area (Å²) in [6.45, 7) is 5.82. The Bertz CT molecular complexity index is 947. The number of aromatic nitrogens is 2. The third-order valence-electron chi connectivity index (χ3n) is 3.82. The lowest BCUT2D eigenvalue weighted by Crippen LogP contribution is -2.13. The van der Waals surface area contributed by atoms with Gasteiger partial charge in [0.1, 0.15) is 12.3 Å². The molecule has 0 aliphatic rings. The molecule has 2 aromatic heterocycles. The van der Waals surface area contributed by atoms with Crippen LogP contribution < -0.4 is 5.32 Å². The van der Waals surface area contributed by atoms with Gasteiger partial charge in [-0.25, -0.2) is 0 Å². The van der Waals surface area contributed by atoms with Crippen molar-refractivity contribution in [2.75, 3.05) is 5.32 Å². The van der Waals surface area contributed by atoms with Crippen molar-refractivity contribution < 1.29 is 19.2 Å². The van der Waals surface area contributed by atoms with Gasteiger partial charge in [-0.3, -0.25) is 9.59 Å². The van der Waals surface area contributed by atoms with E-state index in [0.717, 1.165) is 10.9 Å². The zero-order chi connectivity index (χ0) is 18.2. The number of anilines is 1. The number of hydrogen-bond donors (Lipinski definition) is 2. The molecule has 0 radical (unpaired) electrons. The van der Waals surface area contributed by atoms with E-state index < -0.39 is 5.97 Å². The number of hydrogen-bond acceptors (Lipinski definition) is 4. The molecular formula is C18H19N3O4. The molecule has 0 unspecified atom stereocenters. The quantitative estimate of drug-likeness (QED) is 0.759.